The molecule has 8 nitrogen and oxygen atoms in total. The molecule has 2 aromatic rings. The van der Waals surface area contributed by atoms with Gasteiger partial charge < -0.3 is 24.7 Å². The number of nitrogens with one attached hydrogen (secondary N) is 2. The maximum absolute atomic E-state index is 5.57. The summed E-state index contributed by atoms with van der Waals surface area (Å²) in [6.07, 6.45) is 6.08. The van der Waals surface area contributed by atoms with Crippen molar-refractivity contribution < 1.29 is 9.47 Å². The highest BCUT2D eigenvalue weighted by Crippen LogP contribution is 2.24. The summed E-state index contributed by atoms with van der Waals surface area (Å²) in [5, 5.41) is 6.88. The van der Waals surface area contributed by atoms with Crippen LogP contribution >= 0.6 is 24.0 Å². The molecule has 0 amide bonds. The molecule has 0 bridgehead atoms. The van der Waals surface area contributed by atoms with Gasteiger partial charge in [-0.25, -0.2) is 4.98 Å². The smallest absolute Gasteiger partial charge is 0.191 e. The molecule has 184 valence electrons. The van der Waals surface area contributed by atoms with E-state index in [9.17, 15) is 0 Å². The van der Waals surface area contributed by atoms with Gasteiger partial charge >= 0.3 is 0 Å². The Morgan fingerprint density at radius 3 is 2.58 bits per heavy atom. The molecular formula is C24H39IN6O2. The van der Waals surface area contributed by atoms with Gasteiger partial charge in [0.2, 0.25) is 0 Å². The van der Waals surface area contributed by atoms with E-state index in [1.807, 2.05) is 31.5 Å². The van der Waals surface area contributed by atoms with E-state index in [1.54, 1.807) is 7.11 Å². The van der Waals surface area contributed by atoms with Crippen LogP contribution < -0.4 is 15.4 Å². The zero-order chi connectivity index (χ0) is 22.6. The average molecular weight is 571 g/mol. The molecule has 0 radical (unpaired) electrons. The lowest BCUT2D eigenvalue weighted by molar-refractivity contribution is 0.0179. The second-order valence-electron chi connectivity index (χ2n) is 7.96. The summed E-state index contributed by atoms with van der Waals surface area (Å²) >= 11 is 0. The molecule has 0 aliphatic carbocycles. The topological polar surface area (TPSA) is 75.9 Å². The second kappa shape index (κ2) is 15.1. The molecule has 1 fully saturated rings. The molecule has 2 heterocycles. The average Bonchev–Trinajstić information content (AvgIpc) is 3.24. The number of imidazole rings is 1. The number of methoxy groups -OCH3 is 1. The van der Waals surface area contributed by atoms with Crippen LogP contribution in [0.15, 0.2) is 41.7 Å². The van der Waals surface area contributed by atoms with Crippen LogP contribution in [-0.4, -0.2) is 73.5 Å². The molecule has 9 heteroatoms. The summed E-state index contributed by atoms with van der Waals surface area (Å²) in [5.41, 5.74) is 1.25. The van der Waals surface area contributed by atoms with Gasteiger partial charge in [0.15, 0.2) is 5.96 Å². The van der Waals surface area contributed by atoms with Gasteiger partial charge in [-0.15, -0.1) is 24.0 Å². The third-order valence-corrected chi connectivity index (χ3v) is 5.80. The molecule has 33 heavy (non-hydrogen) atoms. The van der Waals surface area contributed by atoms with E-state index in [0.717, 1.165) is 76.3 Å². The Hall–Kier alpha value is -1.85. The largest absolute Gasteiger partial charge is 0.497 e. The number of halogens is 1. The Labute approximate surface area is 215 Å². The summed E-state index contributed by atoms with van der Waals surface area (Å²) in [6, 6.07) is 8.56. The quantitative estimate of drug-likeness (QED) is 0.187. The third kappa shape index (κ3) is 8.78. The van der Waals surface area contributed by atoms with Crippen molar-refractivity contribution in [3.63, 3.8) is 0 Å². The predicted molar refractivity (Wildman–Crippen MR) is 144 cm³/mol. The standard InChI is InChI=1S/C24H38N6O2.HI/c1-4-25-24(27-11-5-6-13-29-14-12-26-20(29)2)28-19-23(30-15-17-32-18-16-30)21-7-9-22(31-3)10-8-21;/h7-10,12,14,23H,4-6,11,13,15-19H2,1-3H3,(H2,25,27,28);1H. The minimum Gasteiger partial charge on any atom is -0.497 e. The lowest BCUT2D eigenvalue weighted by Crippen LogP contribution is -2.42. The Kier molecular flexibility index (Phi) is 12.6. The fourth-order valence-corrected chi connectivity index (χ4v) is 3.92. The number of hydrogen-bond acceptors (Lipinski definition) is 5. The van der Waals surface area contributed by atoms with Crippen molar-refractivity contribution >= 4 is 29.9 Å². The zero-order valence-electron chi connectivity index (χ0n) is 20.1. The predicted octanol–water partition coefficient (Wildman–Crippen LogP) is 3.23. The van der Waals surface area contributed by atoms with E-state index >= 15 is 0 Å². The number of unbranched alkanes of at least 4 members (excludes halogenated alkanes) is 1. The first-order valence-corrected chi connectivity index (χ1v) is 11.7. The molecule has 1 aromatic heterocycles. The van der Waals surface area contributed by atoms with Gasteiger partial charge in [0, 0.05) is 45.1 Å². The number of guanidine groups is 1. The van der Waals surface area contributed by atoms with E-state index in [2.05, 4.69) is 44.1 Å². The van der Waals surface area contributed by atoms with Crippen LogP contribution in [0.1, 0.15) is 37.2 Å². The van der Waals surface area contributed by atoms with Crippen molar-refractivity contribution in [2.75, 3.05) is 53.0 Å². The van der Waals surface area contributed by atoms with Crippen LogP contribution in [0.2, 0.25) is 0 Å². The van der Waals surface area contributed by atoms with Crippen molar-refractivity contribution in [2.45, 2.75) is 39.3 Å². The Morgan fingerprint density at radius 1 is 1.18 bits per heavy atom. The van der Waals surface area contributed by atoms with Crippen LogP contribution in [0.25, 0.3) is 0 Å². The first kappa shape index (κ1) is 27.4. The van der Waals surface area contributed by atoms with Crippen LogP contribution in [0.4, 0.5) is 0 Å². The highest BCUT2D eigenvalue weighted by Gasteiger charge is 2.22. The lowest BCUT2D eigenvalue weighted by Gasteiger charge is -2.34. The van der Waals surface area contributed by atoms with Crippen LogP contribution in [-0.2, 0) is 11.3 Å². The molecule has 1 aliphatic rings. The summed E-state index contributed by atoms with van der Waals surface area (Å²) in [4.78, 5) is 11.7. The number of ether oxygens (including phenoxy) is 2. The molecule has 1 saturated heterocycles. The molecule has 0 spiro atoms. The SMILES string of the molecule is CCNC(=NCC(c1ccc(OC)cc1)N1CCOCC1)NCCCCn1ccnc1C.I. The van der Waals surface area contributed by atoms with Crippen LogP contribution in [0.5, 0.6) is 5.75 Å². The van der Waals surface area contributed by atoms with Crippen molar-refractivity contribution in [1.82, 2.24) is 25.1 Å². The maximum Gasteiger partial charge on any atom is 0.191 e. The monoisotopic (exact) mass is 570 g/mol. The molecule has 1 atom stereocenters. The number of aromatic nitrogens is 2. The van der Waals surface area contributed by atoms with Gasteiger partial charge in [-0.05, 0) is 44.4 Å². The zero-order valence-corrected chi connectivity index (χ0v) is 22.5. The highest BCUT2D eigenvalue weighted by molar-refractivity contribution is 14.0. The number of morpholine rings is 1. The van der Waals surface area contributed by atoms with Gasteiger partial charge in [0.1, 0.15) is 11.6 Å². The van der Waals surface area contributed by atoms with Crippen LogP contribution in [0.3, 0.4) is 0 Å². The van der Waals surface area contributed by atoms with Gasteiger partial charge in [-0.3, -0.25) is 9.89 Å². The van der Waals surface area contributed by atoms with Crippen molar-refractivity contribution in [3.05, 3.63) is 48.0 Å². The number of rotatable bonds is 11. The Balaban J connectivity index is 0.00000385. The minimum absolute atomic E-state index is 0. The Morgan fingerprint density at radius 2 is 1.94 bits per heavy atom. The van der Waals surface area contributed by atoms with Crippen LogP contribution in [0, 0.1) is 6.92 Å². The molecule has 2 N–H and O–H groups in total. The summed E-state index contributed by atoms with van der Waals surface area (Å²) in [5.74, 6) is 2.82. The summed E-state index contributed by atoms with van der Waals surface area (Å²) in [7, 11) is 1.70. The van der Waals surface area contributed by atoms with Gasteiger partial charge in [0.05, 0.1) is 32.9 Å². The van der Waals surface area contributed by atoms with E-state index < -0.39 is 0 Å². The van der Waals surface area contributed by atoms with Gasteiger partial charge in [0.25, 0.3) is 0 Å². The molecule has 1 aliphatic heterocycles. The normalized spacial score (nSPS) is 15.5. The molecule has 3 rings (SSSR count). The van der Waals surface area contributed by atoms with Gasteiger partial charge in [-0.2, -0.15) is 0 Å². The first-order valence-electron chi connectivity index (χ1n) is 11.7. The molecule has 1 aromatic carbocycles. The van der Waals surface area contributed by atoms with E-state index in [1.165, 1.54) is 5.56 Å². The lowest BCUT2D eigenvalue weighted by atomic mass is 10.0. The highest BCUT2D eigenvalue weighted by atomic mass is 127. The number of nitrogens with zero attached hydrogens (tertiary/aromatic N) is 4. The summed E-state index contributed by atoms with van der Waals surface area (Å²) in [6.45, 7) is 10.9. The van der Waals surface area contributed by atoms with Crippen molar-refractivity contribution in [2.24, 2.45) is 4.99 Å². The van der Waals surface area contributed by atoms with E-state index in [4.69, 9.17) is 14.5 Å². The molecule has 0 saturated carbocycles. The fraction of sp³-hybridized carbons (Fsp3) is 0.583. The number of aliphatic imine (C=N–C) groups is 1. The van der Waals surface area contributed by atoms with Gasteiger partial charge in [-0.1, -0.05) is 12.1 Å². The number of hydrogen-bond donors (Lipinski definition) is 2. The minimum atomic E-state index is 0. The fourth-order valence-electron chi connectivity index (χ4n) is 3.92. The Bertz CT molecular complexity index is 821. The molecular weight excluding hydrogens is 531 g/mol. The van der Waals surface area contributed by atoms with E-state index in [-0.39, 0.29) is 30.0 Å². The first-order chi connectivity index (χ1) is 15.7. The maximum atomic E-state index is 5.57. The van der Waals surface area contributed by atoms with Crippen molar-refractivity contribution in [3.8, 4) is 5.75 Å². The molecule has 1 unspecified atom stereocenters. The second-order valence-corrected chi connectivity index (χ2v) is 7.96. The summed E-state index contributed by atoms with van der Waals surface area (Å²) < 4.78 is 13.1. The third-order valence-electron chi connectivity index (χ3n) is 5.80. The number of benzene rings is 1. The number of aryl methyl sites for hydroxylation is 2. The van der Waals surface area contributed by atoms with Crippen molar-refractivity contribution in [1.29, 1.82) is 0 Å². The van der Waals surface area contributed by atoms with E-state index in [0.29, 0.717) is 6.54 Å².